The van der Waals surface area contributed by atoms with Crippen LogP contribution in [0.3, 0.4) is 0 Å². The Morgan fingerprint density at radius 2 is 1.72 bits per heavy atom. The Kier molecular flexibility index (Phi) is 5.78. The second-order valence-electron chi connectivity index (χ2n) is 8.73. The summed E-state index contributed by atoms with van der Waals surface area (Å²) in [6.07, 6.45) is 5.85. The first-order chi connectivity index (χ1) is 15.7. The number of piperidine rings is 1. The number of aromatic nitrogens is 1. The Hall–Kier alpha value is -3.37. The Balaban J connectivity index is 1.44. The highest BCUT2D eigenvalue weighted by Crippen LogP contribution is 2.28. The third kappa shape index (κ3) is 4.32. The van der Waals surface area contributed by atoms with E-state index in [-0.39, 0.29) is 5.91 Å². The minimum Gasteiger partial charge on any atom is -0.350 e. The molecule has 4 nitrogen and oxygen atoms in total. The maximum atomic E-state index is 13.1. The largest absolute Gasteiger partial charge is 0.350 e. The maximum Gasteiger partial charge on any atom is 0.255 e. The Labute approximate surface area is 189 Å². The molecule has 0 aliphatic carbocycles. The van der Waals surface area contributed by atoms with Crippen molar-refractivity contribution in [2.75, 3.05) is 18.4 Å². The number of anilines is 1. The molecule has 0 unspecified atom stereocenters. The summed E-state index contributed by atoms with van der Waals surface area (Å²) in [6.45, 7) is 3.13. The van der Waals surface area contributed by atoms with E-state index < -0.39 is 0 Å². The summed E-state index contributed by atoms with van der Waals surface area (Å²) in [5.41, 5.74) is 6.23. The quantitative estimate of drug-likeness (QED) is 0.422. The van der Waals surface area contributed by atoms with Gasteiger partial charge in [-0.1, -0.05) is 48.9 Å². The van der Waals surface area contributed by atoms with Crippen molar-refractivity contribution in [2.24, 2.45) is 7.05 Å². The van der Waals surface area contributed by atoms with Gasteiger partial charge >= 0.3 is 0 Å². The lowest BCUT2D eigenvalue weighted by molar-refractivity contribution is 0.102. The molecular weight excluding hydrogens is 394 g/mol. The van der Waals surface area contributed by atoms with Crippen molar-refractivity contribution in [3.05, 3.63) is 90.1 Å². The highest BCUT2D eigenvalue weighted by molar-refractivity contribution is 6.05. The van der Waals surface area contributed by atoms with Gasteiger partial charge in [0.05, 0.1) is 0 Å². The molecule has 0 bridgehead atoms. The number of rotatable bonds is 5. The van der Waals surface area contributed by atoms with Gasteiger partial charge in [0.1, 0.15) is 0 Å². The van der Waals surface area contributed by atoms with Gasteiger partial charge in [0, 0.05) is 36.6 Å². The summed E-state index contributed by atoms with van der Waals surface area (Å²) in [5, 5.41) is 4.26. The van der Waals surface area contributed by atoms with Crippen LogP contribution in [-0.2, 0) is 13.6 Å². The number of hydrogen-bond donors (Lipinski definition) is 1. The zero-order valence-corrected chi connectivity index (χ0v) is 18.6. The average molecular weight is 424 g/mol. The number of nitrogens with zero attached hydrogens (tertiary/aromatic N) is 2. The minimum atomic E-state index is -0.0712. The third-order valence-corrected chi connectivity index (χ3v) is 6.44. The fourth-order valence-electron chi connectivity index (χ4n) is 4.67. The number of benzene rings is 3. The molecule has 1 saturated heterocycles. The van der Waals surface area contributed by atoms with Gasteiger partial charge in [-0.25, -0.2) is 0 Å². The first kappa shape index (κ1) is 20.5. The molecule has 1 aromatic heterocycles. The summed E-state index contributed by atoms with van der Waals surface area (Å²) in [7, 11) is 2.02. The van der Waals surface area contributed by atoms with Crippen LogP contribution < -0.4 is 5.32 Å². The van der Waals surface area contributed by atoms with E-state index in [2.05, 4.69) is 57.2 Å². The van der Waals surface area contributed by atoms with E-state index in [4.69, 9.17) is 0 Å². The minimum absolute atomic E-state index is 0.0712. The van der Waals surface area contributed by atoms with Crippen LogP contribution in [0, 0.1) is 0 Å². The highest BCUT2D eigenvalue weighted by atomic mass is 16.1. The fraction of sp³-hybridized carbons (Fsp3) is 0.250. The lowest BCUT2D eigenvalue weighted by Gasteiger charge is -2.27. The topological polar surface area (TPSA) is 37.3 Å². The molecule has 0 saturated carbocycles. The summed E-state index contributed by atoms with van der Waals surface area (Å²) >= 11 is 0. The van der Waals surface area contributed by atoms with Gasteiger partial charge in [-0.3, -0.25) is 9.69 Å². The second kappa shape index (κ2) is 9.01. The molecule has 162 valence electrons. The van der Waals surface area contributed by atoms with E-state index in [1.165, 1.54) is 41.3 Å². The van der Waals surface area contributed by atoms with Crippen LogP contribution in [0.4, 0.5) is 5.69 Å². The molecule has 1 aliphatic heterocycles. The third-order valence-electron chi connectivity index (χ3n) is 6.44. The fourth-order valence-corrected chi connectivity index (χ4v) is 4.67. The van der Waals surface area contributed by atoms with Gasteiger partial charge in [0.2, 0.25) is 0 Å². The van der Waals surface area contributed by atoms with Crippen molar-refractivity contribution in [3.8, 4) is 11.1 Å². The lowest BCUT2D eigenvalue weighted by Crippen LogP contribution is -2.29. The van der Waals surface area contributed by atoms with Crippen LogP contribution in [-0.4, -0.2) is 28.5 Å². The van der Waals surface area contributed by atoms with Crippen LogP contribution >= 0.6 is 0 Å². The molecule has 1 fully saturated rings. The lowest BCUT2D eigenvalue weighted by atomic mass is 9.96. The van der Waals surface area contributed by atoms with Crippen molar-refractivity contribution in [1.29, 1.82) is 0 Å². The SMILES string of the molecule is Cn1ccc2ccc(NC(=O)c3ccc(-c4ccccc4)c(CN4CCCCC4)c3)cc21. The number of carbonyl (C=O) groups excluding carboxylic acids is 1. The molecule has 4 heteroatoms. The van der Waals surface area contributed by atoms with Gasteiger partial charge in [0.25, 0.3) is 5.91 Å². The van der Waals surface area contributed by atoms with Crippen LogP contribution in [0.5, 0.6) is 0 Å². The van der Waals surface area contributed by atoms with Gasteiger partial charge in [-0.2, -0.15) is 0 Å². The normalized spacial score (nSPS) is 14.5. The standard InChI is InChI=1S/C28H29N3O/c1-30-17-14-22-10-12-25(19-27(22)30)29-28(32)23-11-13-26(21-8-4-2-5-9-21)24(18-23)20-31-15-6-3-7-16-31/h2,4-5,8-14,17-19H,3,6-7,15-16,20H2,1H3,(H,29,32). The molecule has 3 aromatic carbocycles. The van der Waals surface area contributed by atoms with E-state index in [0.717, 1.165) is 30.8 Å². The number of carbonyl (C=O) groups is 1. The van der Waals surface area contributed by atoms with E-state index in [1.54, 1.807) is 0 Å². The van der Waals surface area contributed by atoms with Gasteiger partial charge in [0.15, 0.2) is 0 Å². The van der Waals surface area contributed by atoms with Crippen LogP contribution in [0.1, 0.15) is 35.2 Å². The van der Waals surface area contributed by atoms with Crippen LogP contribution in [0.25, 0.3) is 22.0 Å². The number of amides is 1. The number of hydrogen-bond acceptors (Lipinski definition) is 2. The number of likely N-dealkylation sites (tertiary alicyclic amines) is 1. The molecule has 0 atom stereocenters. The average Bonchev–Trinajstić information content (AvgIpc) is 3.20. The first-order valence-corrected chi connectivity index (χ1v) is 11.4. The van der Waals surface area contributed by atoms with Crippen molar-refractivity contribution in [1.82, 2.24) is 9.47 Å². The molecule has 1 N–H and O–H groups in total. The number of fused-ring (bicyclic) bond motifs is 1. The predicted octanol–water partition coefficient (Wildman–Crippen LogP) is 6.08. The predicted molar refractivity (Wildman–Crippen MR) is 132 cm³/mol. The summed E-state index contributed by atoms with van der Waals surface area (Å²) in [6, 6.07) is 24.7. The molecule has 32 heavy (non-hydrogen) atoms. The highest BCUT2D eigenvalue weighted by Gasteiger charge is 2.16. The second-order valence-corrected chi connectivity index (χ2v) is 8.73. The van der Waals surface area contributed by atoms with E-state index >= 15 is 0 Å². The Morgan fingerprint density at radius 1 is 0.906 bits per heavy atom. The van der Waals surface area contributed by atoms with Crippen molar-refractivity contribution >= 4 is 22.5 Å². The Morgan fingerprint density at radius 3 is 2.53 bits per heavy atom. The van der Waals surface area contributed by atoms with Crippen molar-refractivity contribution < 1.29 is 4.79 Å². The number of nitrogens with one attached hydrogen (secondary N) is 1. The zero-order valence-electron chi connectivity index (χ0n) is 18.6. The summed E-state index contributed by atoms with van der Waals surface area (Å²) in [4.78, 5) is 15.6. The van der Waals surface area contributed by atoms with Gasteiger partial charge in [-0.15, -0.1) is 0 Å². The van der Waals surface area contributed by atoms with Crippen LogP contribution in [0.15, 0.2) is 79.0 Å². The molecule has 5 rings (SSSR count). The molecule has 0 radical (unpaired) electrons. The van der Waals surface area contributed by atoms with E-state index in [1.807, 2.05) is 43.6 Å². The Bertz CT molecular complexity index is 1240. The molecule has 2 heterocycles. The van der Waals surface area contributed by atoms with E-state index in [9.17, 15) is 4.79 Å². The monoisotopic (exact) mass is 423 g/mol. The molecule has 0 spiro atoms. The smallest absolute Gasteiger partial charge is 0.255 e. The zero-order chi connectivity index (χ0) is 21.9. The number of aryl methyl sites for hydroxylation is 1. The maximum absolute atomic E-state index is 13.1. The molecule has 1 aliphatic rings. The molecule has 1 amide bonds. The van der Waals surface area contributed by atoms with Crippen LogP contribution in [0.2, 0.25) is 0 Å². The van der Waals surface area contributed by atoms with E-state index in [0.29, 0.717) is 5.56 Å². The summed E-state index contributed by atoms with van der Waals surface area (Å²) in [5.74, 6) is -0.0712. The molecule has 4 aromatic rings. The van der Waals surface area contributed by atoms with Crippen molar-refractivity contribution in [2.45, 2.75) is 25.8 Å². The first-order valence-electron chi connectivity index (χ1n) is 11.4. The molecular formula is C28H29N3O. The van der Waals surface area contributed by atoms with Gasteiger partial charge in [-0.05, 0) is 78.3 Å². The summed E-state index contributed by atoms with van der Waals surface area (Å²) < 4.78 is 2.07. The van der Waals surface area contributed by atoms with Gasteiger partial charge < -0.3 is 9.88 Å². The van der Waals surface area contributed by atoms with Crippen molar-refractivity contribution in [3.63, 3.8) is 0 Å².